The molecule has 66 valence electrons. The first-order valence-electron chi connectivity index (χ1n) is 3.61. The lowest BCUT2D eigenvalue weighted by atomic mass is 10.4. The fourth-order valence-electron chi connectivity index (χ4n) is 1.06. The van der Waals surface area contributed by atoms with Crippen molar-refractivity contribution < 1.29 is 0 Å². The van der Waals surface area contributed by atoms with Gasteiger partial charge in [-0.15, -0.1) is 0 Å². The maximum absolute atomic E-state index is 11.4. The summed E-state index contributed by atoms with van der Waals surface area (Å²) in [6.07, 6.45) is 2.87. The third-order valence-electron chi connectivity index (χ3n) is 1.70. The van der Waals surface area contributed by atoms with Crippen LogP contribution >= 0.6 is 11.6 Å². The Labute approximate surface area is 78.6 Å². The number of nitrogens with two attached hydrogens (primary N) is 1. The second-order valence-corrected chi connectivity index (χ2v) is 3.03. The van der Waals surface area contributed by atoms with E-state index in [4.69, 9.17) is 17.3 Å². The molecule has 0 aliphatic carbocycles. The molecule has 4 nitrogen and oxygen atoms in total. The number of aromatic nitrogens is 2. The van der Waals surface area contributed by atoms with Gasteiger partial charge in [0.25, 0.3) is 5.56 Å². The summed E-state index contributed by atoms with van der Waals surface area (Å²) < 4.78 is 1.35. The minimum absolute atomic E-state index is 0.125. The standard InChI is InChI=1S/C8H6ClN3O/c9-5-1-2-12-7(3-5)11-4-6(10)8(12)13/h1-4H,10H2. The highest BCUT2D eigenvalue weighted by Gasteiger charge is 2.00. The molecule has 2 N–H and O–H groups in total. The SMILES string of the molecule is Nc1cnc2cc(Cl)ccn2c1=O. The molecule has 0 radical (unpaired) electrons. The first-order valence-corrected chi connectivity index (χ1v) is 3.98. The molecule has 0 aliphatic rings. The molecule has 0 atom stereocenters. The van der Waals surface area contributed by atoms with Crippen LogP contribution in [0, 0.1) is 0 Å². The second kappa shape index (κ2) is 2.74. The maximum atomic E-state index is 11.4. The molecule has 0 bridgehead atoms. The predicted molar refractivity (Wildman–Crippen MR) is 50.9 cm³/mol. The van der Waals surface area contributed by atoms with Gasteiger partial charge in [0.05, 0.1) is 6.20 Å². The van der Waals surface area contributed by atoms with Crippen molar-refractivity contribution in [1.29, 1.82) is 0 Å². The zero-order chi connectivity index (χ0) is 9.42. The molecular formula is C8H6ClN3O. The molecule has 0 unspecified atom stereocenters. The van der Waals surface area contributed by atoms with Crippen molar-refractivity contribution in [2.75, 3.05) is 5.73 Å². The molecule has 0 aromatic carbocycles. The van der Waals surface area contributed by atoms with E-state index in [9.17, 15) is 4.79 Å². The normalized spacial score (nSPS) is 10.5. The van der Waals surface area contributed by atoms with E-state index in [1.54, 1.807) is 18.3 Å². The number of fused-ring (bicyclic) bond motifs is 1. The van der Waals surface area contributed by atoms with Crippen molar-refractivity contribution >= 4 is 22.9 Å². The number of hydrogen-bond donors (Lipinski definition) is 1. The molecule has 0 fully saturated rings. The van der Waals surface area contributed by atoms with Crippen molar-refractivity contribution in [2.24, 2.45) is 0 Å². The van der Waals surface area contributed by atoms with Crippen molar-refractivity contribution in [3.05, 3.63) is 39.9 Å². The van der Waals surface area contributed by atoms with E-state index in [-0.39, 0.29) is 11.2 Å². The summed E-state index contributed by atoms with van der Waals surface area (Å²) in [5.74, 6) is 0. The molecule has 2 aromatic heterocycles. The van der Waals surface area contributed by atoms with Crippen LogP contribution in [0.25, 0.3) is 5.65 Å². The lowest BCUT2D eigenvalue weighted by molar-refractivity contribution is 1.05. The van der Waals surface area contributed by atoms with Gasteiger partial charge in [-0.3, -0.25) is 9.20 Å². The smallest absolute Gasteiger partial charge is 0.280 e. The molecule has 2 heterocycles. The summed E-state index contributed by atoms with van der Waals surface area (Å²) in [5.41, 5.74) is 5.74. The van der Waals surface area contributed by atoms with Crippen molar-refractivity contribution in [3.63, 3.8) is 0 Å². The van der Waals surface area contributed by atoms with Crippen LogP contribution in [0.5, 0.6) is 0 Å². The van der Waals surface area contributed by atoms with Crippen LogP contribution in [0.4, 0.5) is 5.69 Å². The number of halogens is 1. The molecule has 0 amide bonds. The summed E-state index contributed by atoms with van der Waals surface area (Å²) in [4.78, 5) is 15.4. The fourth-order valence-corrected chi connectivity index (χ4v) is 1.22. The number of hydrogen-bond acceptors (Lipinski definition) is 3. The van der Waals surface area contributed by atoms with Gasteiger partial charge in [0.2, 0.25) is 0 Å². The van der Waals surface area contributed by atoms with E-state index in [0.717, 1.165) is 0 Å². The number of nitrogens with zero attached hydrogens (tertiary/aromatic N) is 2. The molecule has 0 saturated heterocycles. The minimum Gasteiger partial charge on any atom is -0.393 e. The Balaban J connectivity index is 2.95. The Morgan fingerprint density at radius 2 is 2.31 bits per heavy atom. The Kier molecular flexibility index (Phi) is 1.70. The second-order valence-electron chi connectivity index (χ2n) is 2.59. The highest BCUT2D eigenvalue weighted by atomic mass is 35.5. The lowest BCUT2D eigenvalue weighted by Crippen LogP contribution is -2.17. The number of nitrogen functional groups attached to an aromatic ring is 1. The number of rotatable bonds is 0. The first kappa shape index (κ1) is 8.07. The molecule has 2 rings (SSSR count). The Bertz CT molecular complexity index is 520. The molecule has 13 heavy (non-hydrogen) atoms. The topological polar surface area (TPSA) is 60.4 Å². The minimum atomic E-state index is -0.276. The third kappa shape index (κ3) is 1.25. The Hall–Kier alpha value is -1.55. The predicted octanol–water partition coefficient (Wildman–Crippen LogP) is 0.930. The van der Waals surface area contributed by atoms with E-state index < -0.39 is 0 Å². The molecule has 0 spiro atoms. The fraction of sp³-hybridized carbons (Fsp3) is 0. The molecule has 0 saturated carbocycles. The number of pyridine rings is 1. The quantitative estimate of drug-likeness (QED) is 0.680. The highest BCUT2D eigenvalue weighted by Crippen LogP contribution is 2.08. The summed E-state index contributed by atoms with van der Waals surface area (Å²) in [6.45, 7) is 0. The summed E-state index contributed by atoms with van der Waals surface area (Å²) in [5, 5.41) is 0.539. The monoisotopic (exact) mass is 195 g/mol. The van der Waals surface area contributed by atoms with Crippen LogP contribution in [0.3, 0.4) is 0 Å². The summed E-state index contributed by atoms with van der Waals surface area (Å²) in [6, 6.07) is 3.21. The third-order valence-corrected chi connectivity index (χ3v) is 1.93. The first-order chi connectivity index (χ1) is 6.18. The summed E-state index contributed by atoms with van der Waals surface area (Å²) in [7, 11) is 0. The molecule has 0 aliphatic heterocycles. The van der Waals surface area contributed by atoms with E-state index in [1.807, 2.05) is 0 Å². The Morgan fingerprint density at radius 1 is 1.54 bits per heavy atom. The van der Waals surface area contributed by atoms with E-state index >= 15 is 0 Å². The van der Waals surface area contributed by atoms with Crippen LogP contribution < -0.4 is 11.3 Å². The molecular weight excluding hydrogens is 190 g/mol. The van der Waals surface area contributed by atoms with Crippen LogP contribution in [0.2, 0.25) is 5.02 Å². The molecule has 2 aromatic rings. The van der Waals surface area contributed by atoms with Crippen LogP contribution in [0.15, 0.2) is 29.3 Å². The van der Waals surface area contributed by atoms with Gasteiger partial charge in [-0.1, -0.05) is 11.6 Å². The highest BCUT2D eigenvalue weighted by molar-refractivity contribution is 6.30. The van der Waals surface area contributed by atoms with Gasteiger partial charge in [0.15, 0.2) is 0 Å². The zero-order valence-corrected chi connectivity index (χ0v) is 7.32. The van der Waals surface area contributed by atoms with Gasteiger partial charge in [0.1, 0.15) is 11.3 Å². The van der Waals surface area contributed by atoms with Gasteiger partial charge < -0.3 is 5.73 Å². The van der Waals surface area contributed by atoms with Gasteiger partial charge in [-0.05, 0) is 6.07 Å². The van der Waals surface area contributed by atoms with Gasteiger partial charge in [-0.2, -0.15) is 0 Å². The van der Waals surface area contributed by atoms with Gasteiger partial charge in [0, 0.05) is 17.3 Å². The zero-order valence-electron chi connectivity index (χ0n) is 6.57. The largest absolute Gasteiger partial charge is 0.393 e. The van der Waals surface area contributed by atoms with E-state index in [2.05, 4.69) is 4.98 Å². The lowest BCUT2D eigenvalue weighted by Gasteiger charge is -2.00. The van der Waals surface area contributed by atoms with Crippen molar-refractivity contribution in [3.8, 4) is 0 Å². The average Bonchev–Trinajstić information content (AvgIpc) is 2.12. The van der Waals surface area contributed by atoms with E-state index in [0.29, 0.717) is 10.7 Å². The van der Waals surface area contributed by atoms with Crippen LogP contribution in [-0.4, -0.2) is 9.38 Å². The van der Waals surface area contributed by atoms with Crippen molar-refractivity contribution in [1.82, 2.24) is 9.38 Å². The Morgan fingerprint density at radius 3 is 3.08 bits per heavy atom. The average molecular weight is 196 g/mol. The number of anilines is 1. The van der Waals surface area contributed by atoms with Gasteiger partial charge >= 0.3 is 0 Å². The van der Waals surface area contributed by atoms with Crippen LogP contribution in [-0.2, 0) is 0 Å². The maximum Gasteiger partial charge on any atom is 0.280 e. The van der Waals surface area contributed by atoms with Gasteiger partial charge in [-0.25, -0.2) is 4.98 Å². The van der Waals surface area contributed by atoms with Crippen LogP contribution in [0.1, 0.15) is 0 Å². The summed E-state index contributed by atoms with van der Waals surface area (Å²) >= 11 is 5.72. The van der Waals surface area contributed by atoms with E-state index in [1.165, 1.54) is 10.6 Å². The van der Waals surface area contributed by atoms with Crippen molar-refractivity contribution in [2.45, 2.75) is 0 Å². The molecule has 5 heteroatoms.